The Kier molecular flexibility index (Phi) is 5.07. The summed E-state index contributed by atoms with van der Waals surface area (Å²) in [5, 5.41) is 0.194. The quantitative estimate of drug-likeness (QED) is 0.617. The number of rotatable bonds is 5. The summed E-state index contributed by atoms with van der Waals surface area (Å²) in [5.41, 5.74) is -0.335. The van der Waals surface area contributed by atoms with Crippen molar-refractivity contribution in [3.63, 3.8) is 0 Å². The highest BCUT2D eigenvalue weighted by molar-refractivity contribution is 5.99. The van der Waals surface area contributed by atoms with Gasteiger partial charge in [0.05, 0.1) is 7.11 Å². The number of hydrogen-bond donors (Lipinski definition) is 0. The number of fused-ring (bicyclic) bond motifs is 1. The number of benzene rings is 1. The summed E-state index contributed by atoms with van der Waals surface area (Å²) in [6, 6.07) is 4.91. The van der Waals surface area contributed by atoms with Crippen molar-refractivity contribution in [1.82, 2.24) is 0 Å². The predicted molar refractivity (Wildman–Crippen MR) is 88.4 cm³/mol. The number of ether oxygens (including phenoxy) is 2. The van der Waals surface area contributed by atoms with Gasteiger partial charge in [0, 0.05) is 6.92 Å². The lowest BCUT2D eigenvalue weighted by Crippen LogP contribution is -2.23. The maximum atomic E-state index is 12.9. The molecule has 0 fully saturated rings. The molecule has 0 spiro atoms. The molecule has 0 radical (unpaired) electrons. The van der Waals surface area contributed by atoms with Crippen LogP contribution >= 0.6 is 0 Å². The molecule has 128 valence electrons. The molecule has 0 N–H and O–H groups in total. The summed E-state index contributed by atoms with van der Waals surface area (Å²) in [7, 11) is 1.44. The monoisotopic (exact) mass is 332 g/mol. The Morgan fingerprint density at radius 1 is 1.17 bits per heavy atom. The van der Waals surface area contributed by atoms with Crippen LogP contribution in [0.1, 0.15) is 49.9 Å². The molecule has 2 rings (SSSR count). The minimum atomic E-state index is -0.829. The molecular weight excluding hydrogens is 312 g/mol. The average Bonchev–Trinajstić information content (AvgIpc) is 2.50. The van der Waals surface area contributed by atoms with Crippen LogP contribution in [0, 0.1) is 5.92 Å². The van der Waals surface area contributed by atoms with Crippen LogP contribution in [0.25, 0.3) is 11.0 Å². The van der Waals surface area contributed by atoms with Crippen LogP contribution in [-0.2, 0) is 9.53 Å². The first-order valence-electron chi connectivity index (χ1n) is 7.59. The van der Waals surface area contributed by atoms with Crippen LogP contribution in [0.3, 0.4) is 0 Å². The number of hydrogen-bond acceptors (Lipinski definition) is 6. The molecule has 6 heteroatoms. The van der Waals surface area contributed by atoms with Gasteiger partial charge in [-0.1, -0.05) is 19.9 Å². The van der Waals surface area contributed by atoms with Gasteiger partial charge in [0.15, 0.2) is 17.6 Å². The highest BCUT2D eigenvalue weighted by atomic mass is 16.6. The van der Waals surface area contributed by atoms with E-state index >= 15 is 0 Å². The van der Waals surface area contributed by atoms with Crippen molar-refractivity contribution in [1.29, 1.82) is 0 Å². The highest BCUT2D eigenvalue weighted by Gasteiger charge is 2.30. The van der Waals surface area contributed by atoms with E-state index in [0.717, 1.165) is 0 Å². The van der Waals surface area contributed by atoms with E-state index in [1.807, 2.05) is 13.8 Å². The summed E-state index contributed by atoms with van der Waals surface area (Å²) >= 11 is 0. The highest BCUT2D eigenvalue weighted by Crippen LogP contribution is 2.32. The van der Waals surface area contributed by atoms with Crippen molar-refractivity contribution in [3.05, 3.63) is 39.7 Å². The second-order valence-electron chi connectivity index (χ2n) is 5.83. The molecule has 1 aromatic heterocycles. The molecule has 0 aliphatic rings. The van der Waals surface area contributed by atoms with Gasteiger partial charge in [-0.05, 0) is 25.0 Å². The summed E-state index contributed by atoms with van der Waals surface area (Å²) in [4.78, 5) is 36.4. The molecule has 1 aromatic carbocycles. The second kappa shape index (κ2) is 6.86. The van der Waals surface area contributed by atoms with E-state index in [4.69, 9.17) is 13.9 Å². The van der Waals surface area contributed by atoms with Gasteiger partial charge in [-0.15, -0.1) is 0 Å². The van der Waals surface area contributed by atoms with Gasteiger partial charge < -0.3 is 13.9 Å². The molecule has 24 heavy (non-hydrogen) atoms. The number of esters is 1. The zero-order valence-electron chi connectivity index (χ0n) is 14.3. The van der Waals surface area contributed by atoms with Crippen molar-refractivity contribution >= 4 is 22.7 Å². The smallest absolute Gasteiger partial charge is 0.303 e. The number of Topliss-reactive ketones (excluding diaryl/α,β-unsaturated/α-hetero) is 1. The van der Waals surface area contributed by atoms with E-state index in [2.05, 4.69) is 0 Å². The topological polar surface area (TPSA) is 82.8 Å². The molecule has 0 amide bonds. The first-order chi connectivity index (χ1) is 11.3. The van der Waals surface area contributed by atoms with Crippen LogP contribution in [0.4, 0.5) is 0 Å². The third-order valence-electron chi connectivity index (χ3n) is 3.64. The molecule has 0 aliphatic carbocycles. The fourth-order valence-corrected chi connectivity index (χ4v) is 2.60. The maximum absolute atomic E-state index is 12.9. The summed E-state index contributed by atoms with van der Waals surface area (Å²) in [6.45, 7) is 6.17. The Labute approximate surface area is 139 Å². The zero-order chi connectivity index (χ0) is 18.0. The van der Waals surface area contributed by atoms with Crippen LogP contribution in [-0.4, -0.2) is 18.9 Å². The van der Waals surface area contributed by atoms with Gasteiger partial charge >= 0.3 is 5.97 Å². The van der Waals surface area contributed by atoms with Crippen LogP contribution in [0.5, 0.6) is 5.75 Å². The lowest BCUT2D eigenvalue weighted by atomic mass is 9.97. The fourth-order valence-electron chi connectivity index (χ4n) is 2.60. The Bertz CT molecular complexity index is 846. The molecule has 2 aromatic rings. The van der Waals surface area contributed by atoms with E-state index in [1.54, 1.807) is 18.2 Å². The first kappa shape index (κ1) is 17.7. The van der Waals surface area contributed by atoms with E-state index in [1.165, 1.54) is 21.0 Å². The molecule has 0 saturated heterocycles. The minimum Gasteiger partial charge on any atom is -0.496 e. The summed E-state index contributed by atoms with van der Waals surface area (Å²) < 4.78 is 16.3. The number of methoxy groups -OCH3 is 1. The molecule has 6 nitrogen and oxygen atoms in total. The van der Waals surface area contributed by atoms with Crippen molar-refractivity contribution in [2.24, 2.45) is 5.92 Å². The minimum absolute atomic E-state index is 0.0680. The van der Waals surface area contributed by atoms with E-state index in [0.29, 0.717) is 5.75 Å². The van der Waals surface area contributed by atoms with Gasteiger partial charge in [0.25, 0.3) is 0 Å². The van der Waals surface area contributed by atoms with Gasteiger partial charge in [0.1, 0.15) is 22.3 Å². The van der Waals surface area contributed by atoms with Crippen molar-refractivity contribution in [3.8, 4) is 5.75 Å². The first-order valence-corrected chi connectivity index (χ1v) is 7.59. The summed E-state index contributed by atoms with van der Waals surface area (Å²) in [6.07, 6.45) is -0.829. The van der Waals surface area contributed by atoms with Gasteiger partial charge in [-0.2, -0.15) is 0 Å². The molecule has 0 saturated carbocycles. The maximum Gasteiger partial charge on any atom is 0.303 e. The lowest BCUT2D eigenvalue weighted by Gasteiger charge is -2.22. The SMILES string of the molecule is COc1cccc2oc([C@@H](OC(C)=O)C(C)C)c(C(C)=O)c(=O)c12. The second-order valence-corrected chi connectivity index (χ2v) is 5.83. The van der Waals surface area contributed by atoms with Gasteiger partial charge in [0.2, 0.25) is 5.43 Å². The summed E-state index contributed by atoms with van der Waals surface area (Å²) in [5.74, 6) is -0.763. The van der Waals surface area contributed by atoms with Crippen LogP contribution in [0.2, 0.25) is 0 Å². The number of ketones is 1. The Hall–Kier alpha value is -2.63. The third-order valence-corrected chi connectivity index (χ3v) is 3.64. The molecule has 1 heterocycles. The molecule has 0 bridgehead atoms. The standard InChI is InChI=1S/C18H20O6/c1-9(2)17(23-11(4)20)18-14(10(3)19)16(21)15-12(22-5)7-6-8-13(15)24-18/h6-9,17H,1-5H3/t17-/m0/s1. The number of carbonyl (C=O) groups is 2. The van der Waals surface area contributed by atoms with Crippen molar-refractivity contribution in [2.75, 3.05) is 7.11 Å². The van der Waals surface area contributed by atoms with Crippen molar-refractivity contribution in [2.45, 2.75) is 33.8 Å². The molecule has 0 unspecified atom stereocenters. The molecule has 1 atom stereocenters. The van der Waals surface area contributed by atoms with Crippen molar-refractivity contribution < 1.29 is 23.5 Å². The molecular formula is C18H20O6. The van der Waals surface area contributed by atoms with E-state index in [-0.39, 0.29) is 28.2 Å². The molecule has 0 aliphatic heterocycles. The number of carbonyl (C=O) groups excluding carboxylic acids is 2. The van der Waals surface area contributed by atoms with E-state index in [9.17, 15) is 14.4 Å². The Balaban J connectivity index is 2.87. The lowest BCUT2D eigenvalue weighted by molar-refractivity contribution is -0.150. The normalized spacial score (nSPS) is 12.2. The third kappa shape index (κ3) is 3.18. The van der Waals surface area contributed by atoms with Gasteiger partial charge in [-0.25, -0.2) is 0 Å². The van der Waals surface area contributed by atoms with E-state index < -0.39 is 23.3 Å². The Morgan fingerprint density at radius 2 is 1.83 bits per heavy atom. The van der Waals surface area contributed by atoms with Gasteiger partial charge in [-0.3, -0.25) is 14.4 Å². The predicted octanol–water partition coefficient (Wildman–Crippen LogP) is 3.26. The Morgan fingerprint density at radius 3 is 2.33 bits per heavy atom. The zero-order valence-corrected chi connectivity index (χ0v) is 14.3. The van der Waals surface area contributed by atoms with Crippen LogP contribution < -0.4 is 10.2 Å². The van der Waals surface area contributed by atoms with Crippen LogP contribution in [0.15, 0.2) is 27.4 Å². The largest absolute Gasteiger partial charge is 0.496 e. The average molecular weight is 332 g/mol. The fraction of sp³-hybridized carbons (Fsp3) is 0.389.